The van der Waals surface area contributed by atoms with Gasteiger partial charge in [0.1, 0.15) is 16.8 Å². The SMILES string of the molecule is COc1cccc2nc3c(N)cccc3nc12. The number of para-hydroxylation sites is 2. The van der Waals surface area contributed by atoms with Gasteiger partial charge in [0.05, 0.1) is 23.8 Å². The Bertz CT molecular complexity index is 709. The summed E-state index contributed by atoms with van der Waals surface area (Å²) < 4.78 is 5.27. The van der Waals surface area contributed by atoms with Crippen LogP contribution in [0.15, 0.2) is 36.4 Å². The topological polar surface area (TPSA) is 61.0 Å². The second-order valence-electron chi connectivity index (χ2n) is 3.77. The average Bonchev–Trinajstić information content (AvgIpc) is 2.36. The number of fused-ring (bicyclic) bond motifs is 2. The number of aromatic nitrogens is 2. The van der Waals surface area contributed by atoms with E-state index in [0.717, 1.165) is 27.8 Å². The molecule has 2 N–H and O–H groups in total. The highest BCUT2D eigenvalue weighted by Crippen LogP contribution is 2.26. The van der Waals surface area contributed by atoms with Crippen LogP contribution in [0.2, 0.25) is 0 Å². The molecule has 0 aliphatic carbocycles. The van der Waals surface area contributed by atoms with E-state index in [2.05, 4.69) is 9.97 Å². The molecule has 0 unspecified atom stereocenters. The van der Waals surface area contributed by atoms with Crippen LogP contribution in [0.5, 0.6) is 5.75 Å². The molecule has 0 aliphatic rings. The number of nitrogens with two attached hydrogens (primary N) is 1. The second kappa shape index (κ2) is 3.59. The molecule has 3 rings (SSSR count). The summed E-state index contributed by atoms with van der Waals surface area (Å²) in [5.41, 5.74) is 9.58. The predicted molar refractivity (Wildman–Crippen MR) is 68.0 cm³/mol. The number of hydrogen-bond acceptors (Lipinski definition) is 4. The van der Waals surface area contributed by atoms with Gasteiger partial charge >= 0.3 is 0 Å². The molecule has 0 saturated carbocycles. The smallest absolute Gasteiger partial charge is 0.146 e. The predicted octanol–water partition coefficient (Wildman–Crippen LogP) is 2.37. The van der Waals surface area contributed by atoms with Crippen LogP contribution in [0.4, 0.5) is 5.69 Å². The highest BCUT2D eigenvalue weighted by Gasteiger charge is 2.07. The minimum atomic E-state index is 0.639. The first-order valence-corrected chi connectivity index (χ1v) is 5.28. The molecule has 0 amide bonds. The molecule has 0 atom stereocenters. The molecule has 1 heterocycles. The van der Waals surface area contributed by atoms with E-state index in [1.165, 1.54) is 0 Å². The zero-order valence-electron chi connectivity index (χ0n) is 9.34. The van der Waals surface area contributed by atoms with Crippen molar-refractivity contribution in [3.8, 4) is 5.75 Å². The zero-order valence-corrected chi connectivity index (χ0v) is 9.34. The molecule has 0 aliphatic heterocycles. The maximum atomic E-state index is 5.88. The van der Waals surface area contributed by atoms with Crippen LogP contribution < -0.4 is 10.5 Å². The molecular weight excluding hydrogens is 214 g/mol. The number of methoxy groups -OCH3 is 1. The molecule has 3 aromatic rings. The van der Waals surface area contributed by atoms with Gasteiger partial charge in [0.15, 0.2) is 0 Å². The molecule has 1 aromatic heterocycles. The summed E-state index contributed by atoms with van der Waals surface area (Å²) in [6, 6.07) is 11.2. The number of benzene rings is 2. The fourth-order valence-electron chi connectivity index (χ4n) is 1.88. The summed E-state index contributed by atoms with van der Waals surface area (Å²) in [6.45, 7) is 0. The Labute approximate surface area is 98.1 Å². The van der Waals surface area contributed by atoms with E-state index in [1.54, 1.807) is 7.11 Å². The highest BCUT2D eigenvalue weighted by atomic mass is 16.5. The van der Waals surface area contributed by atoms with Crippen molar-refractivity contribution < 1.29 is 4.74 Å². The molecule has 0 fully saturated rings. The second-order valence-corrected chi connectivity index (χ2v) is 3.77. The van der Waals surface area contributed by atoms with Crippen molar-refractivity contribution in [2.45, 2.75) is 0 Å². The Hall–Kier alpha value is -2.36. The summed E-state index contributed by atoms with van der Waals surface area (Å²) in [7, 11) is 1.63. The minimum absolute atomic E-state index is 0.639. The van der Waals surface area contributed by atoms with E-state index in [-0.39, 0.29) is 0 Å². The van der Waals surface area contributed by atoms with Gasteiger partial charge in [-0.15, -0.1) is 0 Å². The first kappa shape index (κ1) is 9.84. The standard InChI is InChI=1S/C13H11N3O/c1-17-11-7-3-6-10-13(11)16-9-5-2-4-8(14)12(9)15-10/h2-7H,14H2,1H3. The molecular formula is C13H11N3O. The van der Waals surface area contributed by atoms with E-state index in [1.807, 2.05) is 36.4 Å². The first-order chi connectivity index (χ1) is 8.29. The van der Waals surface area contributed by atoms with Crippen LogP contribution >= 0.6 is 0 Å². The van der Waals surface area contributed by atoms with Crippen molar-refractivity contribution >= 4 is 27.8 Å². The van der Waals surface area contributed by atoms with Crippen LogP contribution in [0.25, 0.3) is 22.1 Å². The Morgan fingerprint density at radius 3 is 2.35 bits per heavy atom. The third-order valence-corrected chi connectivity index (χ3v) is 2.71. The molecule has 4 nitrogen and oxygen atoms in total. The van der Waals surface area contributed by atoms with Crippen LogP contribution in [0, 0.1) is 0 Å². The number of anilines is 1. The van der Waals surface area contributed by atoms with E-state index in [4.69, 9.17) is 10.5 Å². The van der Waals surface area contributed by atoms with Gasteiger partial charge in [0.2, 0.25) is 0 Å². The molecule has 84 valence electrons. The van der Waals surface area contributed by atoms with Gasteiger partial charge in [-0.3, -0.25) is 0 Å². The minimum Gasteiger partial charge on any atom is -0.494 e. The van der Waals surface area contributed by atoms with Crippen molar-refractivity contribution in [2.24, 2.45) is 0 Å². The Balaban J connectivity index is 2.48. The van der Waals surface area contributed by atoms with Crippen molar-refractivity contribution in [1.29, 1.82) is 0 Å². The molecule has 17 heavy (non-hydrogen) atoms. The van der Waals surface area contributed by atoms with E-state index in [9.17, 15) is 0 Å². The molecule has 4 heteroatoms. The lowest BCUT2D eigenvalue weighted by Crippen LogP contribution is -1.94. The summed E-state index contributed by atoms with van der Waals surface area (Å²) in [4.78, 5) is 9.06. The van der Waals surface area contributed by atoms with Gasteiger partial charge in [0.25, 0.3) is 0 Å². The maximum Gasteiger partial charge on any atom is 0.146 e. The molecule has 2 aromatic carbocycles. The normalized spacial score (nSPS) is 10.9. The number of nitrogen functional groups attached to an aromatic ring is 1. The van der Waals surface area contributed by atoms with Gasteiger partial charge in [-0.05, 0) is 24.3 Å². The first-order valence-electron chi connectivity index (χ1n) is 5.28. The summed E-state index contributed by atoms with van der Waals surface area (Å²) in [5, 5.41) is 0. The number of ether oxygens (including phenoxy) is 1. The number of hydrogen-bond donors (Lipinski definition) is 1. The van der Waals surface area contributed by atoms with Crippen molar-refractivity contribution in [3.05, 3.63) is 36.4 Å². The lowest BCUT2D eigenvalue weighted by atomic mass is 10.2. The van der Waals surface area contributed by atoms with Gasteiger partial charge in [-0.25, -0.2) is 9.97 Å². The lowest BCUT2D eigenvalue weighted by molar-refractivity contribution is 0.419. The monoisotopic (exact) mass is 225 g/mol. The fourth-order valence-corrected chi connectivity index (χ4v) is 1.88. The molecule has 0 spiro atoms. The van der Waals surface area contributed by atoms with Gasteiger partial charge in [-0.1, -0.05) is 12.1 Å². The summed E-state index contributed by atoms with van der Waals surface area (Å²) in [6.07, 6.45) is 0. The van der Waals surface area contributed by atoms with Crippen molar-refractivity contribution in [3.63, 3.8) is 0 Å². The van der Waals surface area contributed by atoms with Gasteiger partial charge < -0.3 is 10.5 Å². The van der Waals surface area contributed by atoms with Crippen LogP contribution in [0.3, 0.4) is 0 Å². The maximum absolute atomic E-state index is 5.88. The molecule has 0 saturated heterocycles. The average molecular weight is 225 g/mol. The Morgan fingerprint density at radius 1 is 0.941 bits per heavy atom. The van der Waals surface area contributed by atoms with E-state index < -0.39 is 0 Å². The zero-order chi connectivity index (χ0) is 11.8. The largest absolute Gasteiger partial charge is 0.494 e. The van der Waals surface area contributed by atoms with E-state index >= 15 is 0 Å². The highest BCUT2D eigenvalue weighted by molar-refractivity contribution is 5.94. The van der Waals surface area contributed by atoms with Crippen LogP contribution in [0.1, 0.15) is 0 Å². The van der Waals surface area contributed by atoms with Crippen molar-refractivity contribution in [1.82, 2.24) is 9.97 Å². The third kappa shape index (κ3) is 1.45. The number of rotatable bonds is 1. The van der Waals surface area contributed by atoms with Gasteiger partial charge in [0, 0.05) is 0 Å². The fraction of sp³-hybridized carbons (Fsp3) is 0.0769. The Morgan fingerprint density at radius 2 is 1.59 bits per heavy atom. The summed E-state index contributed by atoms with van der Waals surface area (Å²) in [5.74, 6) is 0.722. The quantitative estimate of drug-likeness (QED) is 0.510. The van der Waals surface area contributed by atoms with Crippen LogP contribution in [-0.4, -0.2) is 17.1 Å². The van der Waals surface area contributed by atoms with Crippen molar-refractivity contribution in [2.75, 3.05) is 12.8 Å². The molecule has 0 bridgehead atoms. The lowest BCUT2D eigenvalue weighted by Gasteiger charge is -2.06. The number of nitrogens with zero attached hydrogens (tertiary/aromatic N) is 2. The van der Waals surface area contributed by atoms with Crippen LogP contribution in [-0.2, 0) is 0 Å². The third-order valence-electron chi connectivity index (χ3n) is 2.71. The van der Waals surface area contributed by atoms with E-state index in [0.29, 0.717) is 5.69 Å². The Kier molecular flexibility index (Phi) is 2.08. The van der Waals surface area contributed by atoms with Gasteiger partial charge in [-0.2, -0.15) is 0 Å². The molecule has 0 radical (unpaired) electrons. The summed E-state index contributed by atoms with van der Waals surface area (Å²) >= 11 is 0.